The van der Waals surface area contributed by atoms with Crippen LogP contribution in [0.15, 0.2) is 46.0 Å². The lowest BCUT2D eigenvalue weighted by Gasteiger charge is -2.27. The van der Waals surface area contributed by atoms with Gasteiger partial charge in [-0.15, -0.1) is 0 Å². The molecule has 1 aliphatic carbocycles. The van der Waals surface area contributed by atoms with Crippen LogP contribution in [0, 0.1) is 17.2 Å². The maximum Gasteiger partial charge on any atom is 0.235 e. The Labute approximate surface area is 182 Å². The molecule has 0 amide bonds. The van der Waals surface area contributed by atoms with Gasteiger partial charge >= 0.3 is 0 Å². The minimum absolute atomic E-state index is 0.195. The third kappa shape index (κ3) is 3.85. The zero-order chi connectivity index (χ0) is 21.4. The van der Waals surface area contributed by atoms with Crippen LogP contribution in [0.4, 0.5) is 11.4 Å². The van der Waals surface area contributed by atoms with E-state index in [1.165, 1.54) is 17.1 Å². The number of rotatable bonds is 3. The molecule has 1 aromatic carbocycles. The number of hydrogen-bond acceptors (Lipinski definition) is 8. The molecule has 2 unspecified atom stereocenters. The Morgan fingerprint density at radius 3 is 2.61 bits per heavy atom. The average molecular weight is 440 g/mol. The van der Waals surface area contributed by atoms with Crippen LogP contribution in [-0.2, 0) is 10.0 Å². The Hall–Kier alpha value is -3.06. The maximum absolute atomic E-state index is 12.1. The molecule has 2 atom stereocenters. The zero-order valence-electron chi connectivity index (χ0n) is 17.1. The van der Waals surface area contributed by atoms with Crippen LogP contribution in [0.5, 0.6) is 0 Å². The van der Waals surface area contributed by atoms with Crippen molar-refractivity contribution in [2.24, 2.45) is 15.9 Å². The molecule has 4 aliphatic rings. The van der Waals surface area contributed by atoms with Crippen molar-refractivity contribution in [3.8, 4) is 6.07 Å². The van der Waals surface area contributed by atoms with Gasteiger partial charge in [0.25, 0.3) is 0 Å². The van der Waals surface area contributed by atoms with Crippen LogP contribution >= 0.6 is 0 Å². The summed E-state index contributed by atoms with van der Waals surface area (Å²) in [4.78, 5) is 9.35. The van der Waals surface area contributed by atoms with Gasteiger partial charge in [0.1, 0.15) is 12.0 Å². The van der Waals surface area contributed by atoms with Crippen molar-refractivity contribution in [2.75, 3.05) is 21.9 Å². The SMILES string of the molecule is N#CC1=CNC2N=C(Nc3ccc(N4CCCS4(=O)=O)cc3)N=C(NC3CCCC3)C12. The van der Waals surface area contributed by atoms with Gasteiger partial charge in [0.05, 0.1) is 29.0 Å². The highest BCUT2D eigenvalue weighted by atomic mass is 32.2. The van der Waals surface area contributed by atoms with E-state index in [4.69, 9.17) is 4.99 Å². The molecule has 3 aliphatic heterocycles. The lowest BCUT2D eigenvalue weighted by Crippen LogP contribution is -2.46. The minimum atomic E-state index is -3.20. The van der Waals surface area contributed by atoms with E-state index in [1.807, 2.05) is 12.1 Å². The molecule has 10 heteroatoms. The van der Waals surface area contributed by atoms with Crippen LogP contribution < -0.4 is 20.3 Å². The molecule has 1 aromatic rings. The van der Waals surface area contributed by atoms with E-state index in [0.29, 0.717) is 36.2 Å². The number of benzene rings is 1. The van der Waals surface area contributed by atoms with E-state index >= 15 is 0 Å². The summed E-state index contributed by atoms with van der Waals surface area (Å²) in [6, 6.07) is 9.88. The van der Waals surface area contributed by atoms with E-state index < -0.39 is 10.0 Å². The number of guanidine groups is 1. The molecule has 3 heterocycles. The van der Waals surface area contributed by atoms with Gasteiger partial charge in [-0.25, -0.2) is 13.4 Å². The molecular formula is C21H25N7O2S. The highest BCUT2D eigenvalue weighted by Crippen LogP contribution is 2.29. The number of nitrogens with one attached hydrogen (secondary N) is 3. The largest absolute Gasteiger partial charge is 0.370 e. The molecule has 162 valence electrons. The van der Waals surface area contributed by atoms with Gasteiger partial charge in [-0.1, -0.05) is 12.8 Å². The Morgan fingerprint density at radius 1 is 1.16 bits per heavy atom. The van der Waals surface area contributed by atoms with E-state index in [0.717, 1.165) is 24.4 Å². The molecule has 9 nitrogen and oxygen atoms in total. The monoisotopic (exact) mass is 439 g/mol. The Kier molecular flexibility index (Phi) is 5.06. The minimum Gasteiger partial charge on any atom is -0.370 e. The molecule has 1 saturated heterocycles. The van der Waals surface area contributed by atoms with Crippen molar-refractivity contribution in [1.82, 2.24) is 10.6 Å². The van der Waals surface area contributed by atoms with Gasteiger partial charge in [0, 0.05) is 24.5 Å². The van der Waals surface area contributed by atoms with Crippen LogP contribution in [0.1, 0.15) is 32.1 Å². The van der Waals surface area contributed by atoms with E-state index in [2.05, 4.69) is 27.0 Å². The maximum atomic E-state index is 12.1. The number of aliphatic imine (C=N–C) groups is 2. The first kappa shape index (κ1) is 19.9. The third-order valence-electron chi connectivity index (χ3n) is 6.19. The molecule has 1 saturated carbocycles. The number of sulfonamides is 1. The summed E-state index contributed by atoms with van der Waals surface area (Å²) < 4.78 is 25.7. The molecule has 5 rings (SSSR count). The molecule has 0 bridgehead atoms. The Balaban J connectivity index is 1.35. The van der Waals surface area contributed by atoms with Crippen LogP contribution in [0.25, 0.3) is 0 Å². The normalized spacial score (nSPS) is 26.9. The van der Waals surface area contributed by atoms with Crippen molar-refractivity contribution in [3.05, 3.63) is 36.0 Å². The zero-order valence-corrected chi connectivity index (χ0v) is 17.9. The first-order chi connectivity index (χ1) is 15.0. The van der Waals surface area contributed by atoms with E-state index in [9.17, 15) is 13.7 Å². The lowest BCUT2D eigenvalue weighted by molar-refractivity contribution is 0.543. The first-order valence-electron chi connectivity index (χ1n) is 10.7. The van der Waals surface area contributed by atoms with Crippen molar-refractivity contribution in [1.29, 1.82) is 5.26 Å². The number of nitrogens with zero attached hydrogens (tertiary/aromatic N) is 4. The summed E-state index contributed by atoms with van der Waals surface area (Å²) in [6.45, 7) is 0.519. The molecule has 0 radical (unpaired) electrons. The first-order valence-corrected chi connectivity index (χ1v) is 12.3. The van der Waals surface area contributed by atoms with Gasteiger partial charge in [-0.2, -0.15) is 10.3 Å². The van der Waals surface area contributed by atoms with Gasteiger partial charge < -0.3 is 16.0 Å². The number of anilines is 2. The molecule has 3 N–H and O–H groups in total. The standard InChI is InChI=1S/C21H25N7O2S/c22-12-14-13-23-19-18(14)20(24-15-4-1-2-5-15)27-21(26-19)25-16-6-8-17(9-7-16)28-10-3-11-31(28,29)30/h6-9,13,15,18-19,23H,1-5,10-11H2,(H2,24,25,26,27). The van der Waals surface area contributed by atoms with Crippen molar-refractivity contribution < 1.29 is 8.42 Å². The van der Waals surface area contributed by atoms with Crippen LogP contribution in [0.2, 0.25) is 0 Å². The van der Waals surface area contributed by atoms with Gasteiger partial charge in [0.15, 0.2) is 0 Å². The summed E-state index contributed by atoms with van der Waals surface area (Å²) in [6.07, 6.45) is 6.73. The quantitative estimate of drug-likeness (QED) is 0.661. The number of nitriles is 1. The second kappa shape index (κ2) is 7.89. The fourth-order valence-corrected chi connectivity index (χ4v) is 6.18. The molecule has 2 fully saturated rings. The Morgan fingerprint density at radius 2 is 1.94 bits per heavy atom. The fourth-order valence-electron chi connectivity index (χ4n) is 4.62. The summed E-state index contributed by atoms with van der Waals surface area (Å²) >= 11 is 0. The average Bonchev–Trinajstić information content (AvgIpc) is 3.48. The van der Waals surface area contributed by atoms with Gasteiger partial charge in [-0.3, -0.25) is 4.31 Å². The second-order valence-electron chi connectivity index (χ2n) is 8.29. The number of amidine groups is 1. The van der Waals surface area contributed by atoms with Crippen molar-refractivity contribution in [3.63, 3.8) is 0 Å². The van der Waals surface area contributed by atoms with Gasteiger partial charge in [-0.05, 0) is 43.5 Å². The number of hydrogen-bond donors (Lipinski definition) is 3. The number of fused-ring (bicyclic) bond motifs is 1. The molecular weight excluding hydrogens is 414 g/mol. The highest BCUT2D eigenvalue weighted by Gasteiger charge is 2.38. The van der Waals surface area contributed by atoms with Crippen LogP contribution in [0.3, 0.4) is 0 Å². The summed E-state index contributed by atoms with van der Waals surface area (Å²) in [5.74, 6) is 1.23. The summed E-state index contributed by atoms with van der Waals surface area (Å²) in [5, 5.41) is 19.4. The Bertz CT molecular complexity index is 1100. The highest BCUT2D eigenvalue weighted by molar-refractivity contribution is 7.93. The molecule has 31 heavy (non-hydrogen) atoms. The smallest absolute Gasteiger partial charge is 0.235 e. The molecule has 0 spiro atoms. The topological polar surface area (TPSA) is 122 Å². The fraction of sp³-hybridized carbons (Fsp3) is 0.476. The van der Waals surface area contributed by atoms with Crippen molar-refractivity contribution in [2.45, 2.75) is 44.3 Å². The van der Waals surface area contributed by atoms with E-state index in [-0.39, 0.29) is 17.8 Å². The predicted octanol–water partition coefficient (Wildman–Crippen LogP) is 1.89. The summed E-state index contributed by atoms with van der Waals surface area (Å²) in [5.41, 5.74) is 2.07. The van der Waals surface area contributed by atoms with Crippen molar-refractivity contribution >= 4 is 33.2 Å². The summed E-state index contributed by atoms with van der Waals surface area (Å²) in [7, 11) is -3.20. The van der Waals surface area contributed by atoms with Crippen LogP contribution in [-0.4, -0.2) is 44.7 Å². The second-order valence-corrected chi connectivity index (χ2v) is 10.3. The third-order valence-corrected chi connectivity index (χ3v) is 8.06. The molecule has 0 aromatic heterocycles. The lowest BCUT2D eigenvalue weighted by atomic mass is 9.97. The van der Waals surface area contributed by atoms with E-state index in [1.54, 1.807) is 18.3 Å². The predicted molar refractivity (Wildman–Crippen MR) is 120 cm³/mol. The van der Waals surface area contributed by atoms with Gasteiger partial charge in [0.2, 0.25) is 16.0 Å².